The number of carbonyl (C=O) groups is 1. The molecular formula is C24H21N5O12S3. The lowest BCUT2D eigenvalue weighted by molar-refractivity contribution is 0.0690. The smallest absolute Gasteiger partial charge is 0.397 e. The van der Waals surface area contributed by atoms with Crippen LogP contribution in [0.3, 0.4) is 0 Å². The van der Waals surface area contributed by atoms with E-state index in [1.165, 1.54) is 42.5 Å². The van der Waals surface area contributed by atoms with Gasteiger partial charge in [-0.1, -0.05) is 6.07 Å². The van der Waals surface area contributed by atoms with Crippen LogP contribution in [0.25, 0.3) is 5.69 Å². The fourth-order valence-corrected chi connectivity index (χ4v) is 5.65. The summed E-state index contributed by atoms with van der Waals surface area (Å²) in [6.45, 7) is -0.774. The zero-order valence-electron chi connectivity index (χ0n) is 21.9. The average Bonchev–Trinajstić information content (AvgIpc) is 3.28. The third-order valence-electron chi connectivity index (χ3n) is 5.67. The van der Waals surface area contributed by atoms with Crippen LogP contribution < -0.4 is 10.9 Å². The standard InChI is InChI=1S/C24H21N5O12S3/c30-23-21(22(24(31)32)28-29(23)18-8-10-19(11-9-18)43(35,36)37)27-26-16-6-4-15(5-7-16)25-17-2-1-3-20(14-17)42(33,34)13-12-41-44(38,39)40/h1-11,14,25,28H,12-13H2,(H,31,32)(H,35,36,37)(H,38,39,40). The highest BCUT2D eigenvalue weighted by atomic mass is 32.3. The van der Waals surface area contributed by atoms with Gasteiger partial charge < -0.3 is 10.4 Å². The van der Waals surface area contributed by atoms with E-state index in [2.05, 4.69) is 24.8 Å². The number of aromatic amines is 1. The highest BCUT2D eigenvalue weighted by molar-refractivity contribution is 7.91. The molecule has 1 aromatic heterocycles. The van der Waals surface area contributed by atoms with Crippen molar-refractivity contribution in [1.29, 1.82) is 0 Å². The zero-order valence-corrected chi connectivity index (χ0v) is 24.4. The van der Waals surface area contributed by atoms with E-state index in [0.717, 1.165) is 16.8 Å². The number of benzene rings is 3. The number of aromatic nitrogens is 2. The van der Waals surface area contributed by atoms with E-state index in [1.807, 2.05) is 0 Å². The van der Waals surface area contributed by atoms with Gasteiger partial charge in [0.25, 0.3) is 15.7 Å². The molecule has 0 radical (unpaired) electrons. The Morgan fingerprint density at radius 2 is 1.52 bits per heavy atom. The molecule has 0 unspecified atom stereocenters. The molecule has 3 aromatic carbocycles. The van der Waals surface area contributed by atoms with Crippen LogP contribution in [0.4, 0.5) is 22.7 Å². The monoisotopic (exact) mass is 667 g/mol. The first-order valence-corrected chi connectivity index (χ1v) is 16.4. The minimum absolute atomic E-state index is 0.0603. The maximum absolute atomic E-state index is 12.9. The van der Waals surface area contributed by atoms with Gasteiger partial charge in [0.05, 0.1) is 33.5 Å². The quantitative estimate of drug-likeness (QED) is 0.108. The highest BCUT2D eigenvalue weighted by Crippen LogP contribution is 2.25. The number of H-pyrrole nitrogens is 1. The number of azo groups is 1. The molecule has 0 aliphatic heterocycles. The molecule has 44 heavy (non-hydrogen) atoms. The normalized spacial score (nSPS) is 12.4. The van der Waals surface area contributed by atoms with Gasteiger partial charge in [0.15, 0.2) is 21.2 Å². The van der Waals surface area contributed by atoms with Crippen LogP contribution in [-0.4, -0.2) is 67.6 Å². The maximum atomic E-state index is 12.9. The minimum Gasteiger partial charge on any atom is -0.476 e. The van der Waals surface area contributed by atoms with Crippen LogP contribution in [0, 0.1) is 0 Å². The Hall–Kier alpha value is -4.73. The van der Waals surface area contributed by atoms with Gasteiger partial charge in [-0.15, -0.1) is 5.11 Å². The molecule has 0 fully saturated rings. The predicted molar refractivity (Wildman–Crippen MR) is 153 cm³/mol. The van der Waals surface area contributed by atoms with Gasteiger partial charge in [-0.3, -0.25) is 19.0 Å². The van der Waals surface area contributed by atoms with Crippen molar-refractivity contribution in [2.45, 2.75) is 9.79 Å². The molecule has 232 valence electrons. The molecule has 0 saturated carbocycles. The molecule has 20 heteroatoms. The Morgan fingerprint density at radius 3 is 2.11 bits per heavy atom. The number of carboxylic acids is 1. The van der Waals surface area contributed by atoms with Crippen molar-refractivity contribution >= 4 is 59.1 Å². The van der Waals surface area contributed by atoms with E-state index in [-0.39, 0.29) is 16.3 Å². The summed E-state index contributed by atoms with van der Waals surface area (Å²) < 4.78 is 91.4. The number of hydrogen-bond acceptors (Lipinski definition) is 12. The lowest BCUT2D eigenvalue weighted by Crippen LogP contribution is -2.15. The lowest BCUT2D eigenvalue weighted by atomic mass is 10.2. The Morgan fingerprint density at radius 1 is 0.864 bits per heavy atom. The van der Waals surface area contributed by atoms with E-state index in [9.17, 15) is 39.9 Å². The summed E-state index contributed by atoms with van der Waals surface area (Å²) in [6, 6.07) is 16.0. The van der Waals surface area contributed by atoms with E-state index in [1.54, 1.807) is 18.2 Å². The fraction of sp³-hybridized carbons (Fsp3) is 0.0833. The zero-order chi connectivity index (χ0) is 32.3. The first kappa shape index (κ1) is 32.2. The molecular weight excluding hydrogens is 646 g/mol. The van der Waals surface area contributed by atoms with Gasteiger partial charge in [0, 0.05) is 11.4 Å². The second-order valence-corrected chi connectivity index (χ2v) is 13.3. The summed E-state index contributed by atoms with van der Waals surface area (Å²) >= 11 is 0. The van der Waals surface area contributed by atoms with Crippen LogP contribution in [0.15, 0.2) is 97.6 Å². The molecule has 0 amide bonds. The van der Waals surface area contributed by atoms with Crippen LogP contribution in [-0.2, 0) is 34.5 Å². The Bertz CT molecular complexity index is 2120. The van der Waals surface area contributed by atoms with E-state index in [4.69, 9.17) is 9.11 Å². The number of nitrogens with one attached hydrogen (secondary N) is 2. The van der Waals surface area contributed by atoms with Gasteiger partial charge in [-0.05, 0) is 66.7 Å². The summed E-state index contributed by atoms with van der Waals surface area (Å²) in [6.07, 6.45) is 0. The Kier molecular flexibility index (Phi) is 9.13. The number of anilines is 2. The SMILES string of the molecule is O=C(O)c1[nH]n(-c2ccc(S(=O)(=O)O)cc2)c(=O)c1N=Nc1ccc(Nc2cccc(S(=O)(=O)CCOS(=O)(=O)O)c2)cc1. The topological polar surface area (TPSA) is 264 Å². The van der Waals surface area contributed by atoms with Gasteiger partial charge in [0.1, 0.15) is 0 Å². The third-order valence-corrected chi connectivity index (χ3v) is 8.68. The molecule has 0 aliphatic carbocycles. The number of carboxylic acid groups (broad SMARTS) is 1. The van der Waals surface area contributed by atoms with Crippen LogP contribution in [0.1, 0.15) is 10.5 Å². The van der Waals surface area contributed by atoms with E-state index in [0.29, 0.717) is 11.4 Å². The second kappa shape index (κ2) is 12.5. The highest BCUT2D eigenvalue weighted by Gasteiger charge is 2.21. The largest absolute Gasteiger partial charge is 0.476 e. The van der Waals surface area contributed by atoms with Crippen molar-refractivity contribution in [3.8, 4) is 5.69 Å². The van der Waals surface area contributed by atoms with Crippen molar-refractivity contribution in [3.05, 3.63) is 88.8 Å². The average molecular weight is 668 g/mol. The summed E-state index contributed by atoms with van der Waals surface area (Å²) in [5.74, 6) is -2.22. The first-order chi connectivity index (χ1) is 20.5. The lowest BCUT2D eigenvalue weighted by Gasteiger charge is -2.09. The molecule has 0 aliphatic rings. The maximum Gasteiger partial charge on any atom is 0.397 e. The number of nitrogens with zero attached hydrogens (tertiary/aromatic N) is 3. The van der Waals surface area contributed by atoms with Crippen molar-refractivity contribution < 1.29 is 48.4 Å². The molecule has 0 spiro atoms. The van der Waals surface area contributed by atoms with Crippen molar-refractivity contribution in [2.75, 3.05) is 17.7 Å². The van der Waals surface area contributed by atoms with Crippen molar-refractivity contribution in [2.24, 2.45) is 10.2 Å². The third kappa shape index (κ3) is 8.00. The molecule has 4 rings (SSSR count). The van der Waals surface area contributed by atoms with Gasteiger partial charge in [-0.25, -0.2) is 22.1 Å². The van der Waals surface area contributed by atoms with Crippen LogP contribution in [0.2, 0.25) is 0 Å². The fourth-order valence-electron chi connectivity index (χ4n) is 3.64. The van der Waals surface area contributed by atoms with Crippen LogP contribution in [0.5, 0.6) is 0 Å². The van der Waals surface area contributed by atoms with Crippen molar-refractivity contribution in [1.82, 2.24) is 9.78 Å². The molecule has 0 atom stereocenters. The Labute approximate surface area is 249 Å². The first-order valence-electron chi connectivity index (χ1n) is 11.9. The second-order valence-electron chi connectivity index (χ2n) is 8.72. The van der Waals surface area contributed by atoms with Crippen LogP contribution >= 0.6 is 0 Å². The summed E-state index contributed by atoms with van der Waals surface area (Å²) in [5, 5.41) is 22.6. The van der Waals surface area contributed by atoms with Crippen molar-refractivity contribution in [3.63, 3.8) is 0 Å². The molecule has 0 bridgehead atoms. The molecule has 5 N–H and O–H groups in total. The molecule has 1 heterocycles. The molecule has 4 aromatic rings. The predicted octanol–water partition coefficient (Wildman–Crippen LogP) is 2.86. The van der Waals surface area contributed by atoms with E-state index >= 15 is 0 Å². The summed E-state index contributed by atoms with van der Waals surface area (Å²) in [4.78, 5) is 24.1. The number of rotatable bonds is 12. The Balaban J connectivity index is 1.51. The number of hydrogen-bond donors (Lipinski definition) is 5. The van der Waals surface area contributed by atoms with E-state index < -0.39 is 70.5 Å². The summed E-state index contributed by atoms with van der Waals surface area (Å²) in [5.41, 5.74) is -0.912. The molecule has 0 saturated heterocycles. The number of aromatic carboxylic acids is 1. The summed E-state index contributed by atoms with van der Waals surface area (Å²) in [7, 11) is -13.2. The number of sulfone groups is 1. The van der Waals surface area contributed by atoms with Gasteiger partial charge >= 0.3 is 16.4 Å². The minimum atomic E-state index is -4.78. The van der Waals surface area contributed by atoms with Gasteiger partial charge in [0.2, 0.25) is 0 Å². The molecule has 17 nitrogen and oxygen atoms in total. The van der Waals surface area contributed by atoms with Gasteiger partial charge in [-0.2, -0.15) is 21.9 Å².